The number of hydrogen-bond acceptors (Lipinski definition) is 6. The van der Waals surface area contributed by atoms with Crippen molar-refractivity contribution in [3.05, 3.63) is 0 Å². The van der Waals surface area contributed by atoms with Gasteiger partial charge in [-0.2, -0.15) is 0 Å². The van der Waals surface area contributed by atoms with Gasteiger partial charge in [-0.25, -0.2) is 4.79 Å². The van der Waals surface area contributed by atoms with Crippen LogP contribution in [0.25, 0.3) is 0 Å². The summed E-state index contributed by atoms with van der Waals surface area (Å²) >= 11 is 0. The van der Waals surface area contributed by atoms with E-state index in [0.29, 0.717) is 0 Å². The molecule has 0 aliphatic rings. The highest BCUT2D eigenvalue weighted by Crippen LogP contribution is 1.95. The van der Waals surface area contributed by atoms with E-state index in [1.807, 2.05) is 0 Å². The molecule has 0 saturated heterocycles. The summed E-state index contributed by atoms with van der Waals surface area (Å²) in [6.07, 6.45) is -4.05. The van der Waals surface area contributed by atoms with E-state index in [9.17, 15) is 14.4 Å². The van der Waals surface area contributed by atoms with Gasteiger partial charge in [0.25, 0.3) is 0 Å². The van der Waals surface area contributed by atoms with Gasteiger partial charge in [0.05, 0.1) is 6.61 Å². The highest BCUT2D eigenvalue weighted by atomic mass is 16.4. The number of rotatable bonds is 5. The molecular weight excluding hydrogens is 184 g/mol. The van der Waals surface area contributed by atoms with E-state index in [1.165, 1.54) is 0 Å². The number of aliphatic hydroxyl groups excluding tert-OH is 3. The van der Waals surface area contributed by atoms with Crippen molar-refractivity contribution in [3.63, 3.8) is 0 Å². The molecule has 1 unspecified atom stereocenters. The van der Waals surface area contributed by atoms with E-state index in [1.54, 1.807) is 0 Å². The first-order valence-corrected chi connectivity index (χ1v) is 3.20. The third-order valence-corrected chi connectivity index (χ3v) is 1.24. The maximum absolute atomic E-state index is 10.6. The fourth-order valence-electron chi connectivity index (χ4n) is 0.514. The fourth-order valence-corrected chi connectivity index (χ4v) is 0.514. The highest BCUT2D eigenvalue weighted by molar-refractivity contribution is 6.62. The largest absolute Gasteiger partial charge is 0.475 e. The van der Waals surface area contributed by atoms with E-state index in [4.69, 9.17) is 20.4 Å². The molecule has 0 aromatic carbocycles. The molecule has 0 aliphatic heterocycles. The number of carbonyl (C=O) groups excluding carboxylic acids is 2. The number of hydrogen-bond donors (Lipinski definition) is 4. The van der Waals surface area contributed by atoms with Gasteiger partial charge in [0.1, 0.15) is 12.2 Å². The van der Waals surface area contributed by atoms with Crippen LogP contribution in [-0.2, 0) is 14.4 Å². The van der Waals surface area contributed by atoms with Crippen LogP contribution in [0.2, 0.25) is 0 Å². The lowest BCUT2D eigenvalue weighted by Crippen LogP contribution is -2.42. The molecule has 0 rings (SSSR count). The number of carboxylic acids is 1. The summed E-state index contributed by atoms with van der Waals surface area (Å²) in [5, 5.41) is 33.7. The molecule has 0 fully saturated rings. The van der Waals surface area contributed by atoms with Crippen LogP contribution in [0.3, 0.4) is 0 Å². The Hall–Kier alpha value is -1.31. The molecule has 0 bridgehead atoms. The van der Waals surface area contributed by atoms with Crippen molar-refractivity contribution >= 4 is 17.5 Å². The van der Waals surface area contributed by atoms with Gasteiger partial charge >= 0.3 is 11.8 Å². The van der Waals surface area contributed by atoms with Crippen LogP contribution >= 0.6 is 0 Å². The third kappa shape index (κ3) is 2.90. The van der Waals surface area contributed by atoms with Crippen molar-refractivity contribution in [3.8, 4) is 0 Å². The molecule has 13 heavy (non-hydrogen) atoms. The maximum atomic E-state index is 10.6. The van der Waals surface area contributed by atoms with Crippen LogP contribution in [0, 0.1) is 0 Å². The van der Waals surface area contributed by atoms with Crippen LogP contribution in [0.1, 0.15) is 0 Å². The first kappa shape index (κ1) is 11.7. The van der Waals surface area contributed by atoms with E-state index in [0.717, 1.165) is 0 Å². The van der Waals surface area contributed by atoms with Crippen molar-refractivity contribution in [2.45, 2.75) is 12.2 Å². The zero-order valence-corrected chi connectivity index (χ0v) is 6.38. The molecular formula is C6H8O7. The molecule has 0 spiro atoms. The van der Waals surface area contributed by atoms with Crippen LogP contribution in [0.15, 0.2) is 0 Å². The fraction of sp³-hybridized carbons (Fsp3) is 0.500. The molecule has 7 heteroatoms. The maximum Gasteiger partial charge on any atom is 0.380 e. The number of Topliss-reactive ketones (excluding diaryl/α,β-unsaturated/α-hetero) is 2. The molecule has 0 aromatic rings. The predicted molar refractivity (Wildman–Crippen MR) is 36.7 cm³/mol. The topological polar surface area (TPSA) is 132 Å². The Balaban J connectivity index is 4.43. The molecule has 0 saturated carbocycles. The normalized spacial score (nSPS) is 14.7. The number of ketones is 2. The molecule has 7 nitrogen and oxygen atoms in total. The first-order valence-electron chi connectivity index (χ1n) is 3.20. The van der Waals surface area contributed by atoms with Crippen molar-refractivity contribution in [2.24, 2.45) is 0 Å². The Labute approximate surface area is 72.2 Å². The molecule has 4 N–H and O–H groups in total. The zero-order valence-electron chi connectivity index (χ0n) is 6.38. The Morgan fingerprint density at radius 1 is 1.15 bits per heavy atom. The van der Waals surface area contributed by atoms with E-state index in [2.05, 4.69) is 0 Å². The number of carbonyl (C=O) groups is 3. The van der Waals surface area contributed by atoms with E-state index >= 15 is 0 Å². The summed E-state index contributed by atoms with van der Waals surface area (Å²) in [6, 6.07) is 0. The quantitative estimate of drug-likeness (QED) is 0.268. The number of aliphatic carboxylic acids is 1. The summed E-state index contributed by atoms with van der Waals surface area (Å²) in [6.45, 7) is -0.945. The van der Waals surface area contributed by atoms with Gasteiger partial charge < -0.3 is 20.4 Å². The van der Waals surface area contributed by atoms with E-state index < -0.39 is 36.4 Å². The SMILES string of the molecule is O=C(O)C(=O)C(=O)C(O)[C@@H](O)CO. The first-order chi connectivity index (χ1) is 5.91. The van der Waals surface area contributed by atoms with Gasteiger partial charge in [0.2, 0.25) is 5.78 Å². The Morgan fingerprint density at radius 3 is 1.92 bits per heavy atom. The van der Waals surface area contributed by atoms with Gasteiger partial charge in [0, 0.05) is 0 Å². The Bertz CT molecular complexity index is 233. The zero-order chi connectivity index (χ0) is 10.6. The summed E-state index contributed by atoms with van der Waals surface area (Å²) in [5.74, 6) is -5.51. The molecule has 0 aromatic heterocycles. The van der Waals surface area contributed by atoms with Gasteiger partial charge in [-0.1, -0.05) is 0 Å². The highest BCUT2D eigenvalue weighted by Gasteiger charge is 2.32. The second kappa shape index (κ2) is 4.65. The molecule has 2 atom stereocenters. The smallest absolute Gasteiger partial charge is 0.380 e. The van der Waals surface area contributed by atoms with E-state index in [-0.39, 0.29) is 0 Å². The minimum atomic E-state index is -2.20. The molecule has 0 radical (unpaired) electrons. The summed E-state index contributed by atoms with van der Waals surface area (Å²) < 4.78 is 0. The van der Waals surface area contributed by atoms with Gasteiger partial charge in [-0.15, -0.1) is 0 Å². The lowest BCUT2D eigenvalue weighted by Gasteiger charge is -2.11. The van der Waals surface area contributed by atoms with Crippen LogP contribution in [-0.4, -0.2) is 56.8 Å². The van der Waals surface area contributed by atoms with Crippen molar-refractivity contribution in [1.82, 2.24) is 0 Å². The Morgan fingerprint density at radius 2 is 1.62 bits per heavy atom. The van der Waals surface area contributed by atoms with Crippen LogP contribution in [0.4, 0.5) is 0 Å². The molecule has 74 valence electrons. The number of carboxylic acid groups (broad SMARTS) is 1. The van der Waals surface area contributed by atoms with Gasteiger partial charge in [0.15, 0.2) is 0 Å². The predicted octanol–water partition coefficient (Wildman–Crippen LogP) is -3.08. The molecule has 0 aliphatic carbocycles. The van der Waals surface area contributed by atoms with Crippen LogP contribution in [0.5, 0.6) is 0 Å². The number of aliphatic hydroxyl groups is 3. The average molecular weight is 192 g/mol. The molecule has 0 amide bonds. The third-order valence-electron chi connectivity index (χ3n) is 1.24. The van der Waals surface area contributed by atoms with Gasteiger partial charge in [-0.05, 0) is 0 Å². The second-order valence-corrected chi connectivity index (χ2v) is 2.19. The summed E-state index contributed by atoms with van der Waals surface area (Å²) in [5.41, 5.74) is 0. The van der Waals surface area contributed by atoms with Gasteiger partial charge in [-0.3, -0.25) is 9.59 Å². The Kier molecular flexibility index (Phi) is 4.18. The summed E-state index contributed by atoms with van der Waals surface area (Å²) in [4.78, 5) is 31.0. The standard InChI is InChI=1S/C6H8O7/c7-1-2(8)3(9)4(10)5(11)6(12)13/h2-3,7-9H,1H2,(H,12,13)/t2-,3?/m0/s1. The van der Waals surface area contributed by atoms with Crippen molar-refractivity contribution < 1.29 is 34.8 Å². The monoisotopic (exact) mass is 192 g/mol. The molecule has 0 heterocycles. The second-order valence-electron chi connectivity index (χ2n) is 2.19. The summed E-state index contributed by atoms with van der Waals surface area (Å²) in [7, 11) is 0. The minimum absolute atomic E-state index is 0.945. The lowest BCUT2D eigenvalue weighted by molar-refractivity contribution is -0.157. The van der Waals surface area contributed by atoms with Crippen molar-refractivity contribution in [2.75, 3.05) is 6.61 Å². The lowest BCUT2D eigenvalue weighted by atomic mass is 10.1. The average Bonchev–Trinajstić information content (AvgIpc) is 2.12. The van der Waals surface area contributed by atoms with Crippen molar-refractivity contribution in [1.29, 1.82) is 0 Å². The van der Waals surface area contributed by atoms with Crippen LogP contribution < -0.4 is 0 Å². The minimum Gasteiger partial charge on any atom is -0.475 e.